The summed E-state index contributed by atoms with van der Waals surface area (Å²) in [6, 6.07) is 0. The molecule has 1 atom stereocenters. The molecule has 1 heterocycles. The fraction of sp³-hybridized carbons (Fsp3) is 0.727. The van der Waals surface area contributed by atoms with Crippen LogP contribution in [0, 0.1) is 0 Å². The van der Waals surface area contributed by atoms with E-state index in [9.17, 15) is 24.3 Å². The highest BCUT2D eigenvalue weighted by Crippen LogP contribution is 2.30. The molecule has 0 spiro atoms. The van der Waals surface area contributed by atoms with Gasteiger partial charge in [0.2, 0.25) is 0 Å². The predicted molar refractivity (Wildman–Crippen MR) is 109 cm³/mol. The molecule has 0 aromatic heterocycles. The Morgan fingerprint density at radius 2 is 1.66 bits per heavy atom. The summed E-state index contributed by atoms with van der Waals surface area (Å²) in [5.41, 5.74) is -1.22. The summed E-state index contributed by atoms with van der Waals surface area (Å²) in [5.74, 6) is -1.13. The Labute approximate surface area is 173 Å². The predicted octanol–water partition coefficient (Wildman–Crippen LogP) is 4.37. The van der Waals surface area contributed by atoms with Gasteiger partial charge in [0, 0.05) is 18.9 Å². The highest BCUT2D eigenvalue weighted by atomic mass is 16.6. The zero-order chi connectivity index (χ0) is 22.3. The van der Waals surface area contributed by atoms with Crippen molar-refractivity contribution < 1.29 is 33.8 Å². The highest BCUT2D eigenvalue weighted by Gasteiger charge is 2.42. The van der Waals surface area contributed by atoms with Crippen LogP contribution in [0.5, 0.6) is 0 Å². The summed E-state index contributed by atoms with van der Waals surface area (Å²) in [4.78, 5) is 45.1. The topological polar surface area (TPSA) is 107 Å². The first kappa shape index (κ1) is 26.8. The summed E-state index contributed by atoms with van der Waals surface area (Å²) in [6.07, 6.45) is 7.79. The minimum absolute atomic E-state index is 0.0290. The number of aliphatic hydroxyl groups excluding tert-OH is 1. The average molecular weight is 413 g/mol. The van der Waals surface area contributed by atoms with E-state index in [4.69, 9.17) is 4.74 Å². The molecule has 29 heavy (non-hydrogen) atoms. The smallest absolute Gasteiger partial charge is 0.314 e. The van der Waals surface area contributed by atoms with Gasteiger partial charge in [-0.05, 0) is 25.7 Å². The lowest BCUT2D eigenvalue weighted by Crippen LogP contribution is -2.44. The van der Waals surface area contributed by atoms with Crippen molar-refractivity contribution in [2.24, 2.45) is 0 Å². The lowest BCUT2D eigenvalue weighted by molar-refractivity contribution is -0.165. The molecule has 7 nitrogen and oxygen atoms in total. The van der Waals surface area contributed by atoms with E-state index < -0.39 is 17.5 Å². The molecular weight excluding hydrogens is 376 g/mol. The number of ketones is 2. The lowest BCUT2D eigenvalue weighted by Gasteiger charge is -2.32. The molecule has 0 bridgehead atoms. The fourth-order valence-corrected chi connectivity index (χ4v) is 2.82. The number of ether oxygens (including phenoxy) is 2. The zero-order valence-corrected chi connectivity index (χ0v) is 18.3. The molecule has 0 aromatic rings. The van der Waals surface area contributed by atoms with Crippen molar-refractivity contribution in [2.45, 2.75) is 97.0 Å². The molecule has 1 unspecified atom stereocenters. The average Bonchev–Trinajstić information content (AvgIpc) is 2.68. The quantitative estimate of drug-likeness (QED) is 0.374. The van der Waals surface area contributed by atoms with Crippen LogP contribution in [-0.4, -0.2) is 41.3 Å². The van der Waals surface area contributed by atoms with E-state index in [1.807, 2.05) is 20.8 Å². The number of rotatable bonds is 12. The van der Waals surface area contributed by atoms with E-state index in [0.29, 0.717) is 19.3 Å². The van der Waals surface area contributed by atoms with Crippen LogP contribution in [0.15, 0.2) is 11.8 Å². The van der Waals surface area contributed by atoms with Gasteiger partial charge in [0.25, 0.3) is 0 Å². The van der Waals surface area contributed by atoms with Crippen LogP contribution in [-0.2, 0) is 28.7 Å². The monoisotopic (exact) mass is 412 g/mol. The van der Waals surface area contributed by atoms with Crippen LogP contribution in [0.1, 0.15) is 91.4 Å². The molecule has 1 aliphatic heterocycles. The summed E-state index contributed by atoms with van der Waals surface area (Å²) in [6.45, 7) is 6.02. The Hall–Kier alpha value is -2.18. The maximum atomic E-state index is 12.2. The molecule has 0 saturated carbocycles. The van der Waals surface area contributed by atoms with Crippen LogP contribution in [0.25, 0.3) is 0 Å². The van der Waals surface area contributed by atoms with E-state index in [2.05, 4.69) is 4.74 Å². The van der Waals surface area contributed by atoms with Gasteiger partial charge >= 0.3 is 11.9 Å². The van der Waals surface area contributed by atoms with E-state index >= 15 is 0 Å². The van der Waals surface area contributed by atoms with Gasteiger partial charge in [-0.25, -0.2) is 0 Å². The van der Waals surface area contributed by atoms with E-state index in [1.54, 1.807) is 0 Å². The molecule has 0 amide bonds. The van der Waals surface area contributed by atoms with Crippen LogP contribution in [0.2, 0.25) is 0 Å². The van der Waals surface area contributed by atoms with Gasteiger partial charge < -0.3 is 14.6 Å². The molecule has 0 fully saturated rings. The molecule has 166 valence electrons. The maximum absolute atomic E-state index is 12.2. The first-order valence-electron chi connectivity index (χ1n) is 10.5. The standard InChI is InChI=1S/C14H22O4.C8H14O3/c1-3-5-7-12(16)14(8-6-4-2)10-11(15)9-13(17)18-14;1-3-4-5-7(9)6-8(10)11-2/h10,15H,3-9H2,1-2H3;3-6H2,1-2H3. The van der Waals surface area contributed by atoms with Crippen LogP contribution in [0.4, 0.5) is 0 Å². The Bertz CT molecular complexity index is 580. The van der Waals surface area contributed by atoms with E-state index in [0.717, 1.165) is 38.5 Å². The number of carbonyl (C=O) groups excluding carboxylic acids is 4. The van der Waals surface area contributed by atoms with Crippen molar-refractivity contribution in [1.29, 1.82) is 0 Å². The van der Waals surface area contributed by atoms with Crippen molar-refractivity contribution >= 4 is 23.5 Å². The van der Waals surface area contributed by atoms with Gasteiger partial charge in [0.1, 0.15) is 24.4 Å². The number of hydrogen-bond acceptors (Lipinski definition) is 7. The van der Waals surface area contributed by atoms with Gasteiger partial charge in [-0.15, -0.1) is 0 Å². The van der Waals surface area contributed by atoms with Crippen LogP contribution < -0.4 is 0 Å². The summed E-state index contributed by atoms with van der Waals surface area (Å²) in [5, 5.41) is 9.60. The second-order valence-corrected chi connectivity index (χ2v) is 7.20. The third kappa shape index (κ3) is 10.8. The van der Waals surface area contributed by atoms with E-state index in [-0.39, 0.29) is 30.2 Å². The van der Waals surface area contributed by atoms with Crippen LogP contribution >= 0.6 is 0 Å². The van der Waals surface area contributed by atoms with Crippen molar-refractivity contribution in [2.75, 3.05) is 7.11 Å². The fourth-order valence-electron chi connectivity index (χ4n) is 2.82. The second kappa shape index (κ2) is 14.8. The third-order valence-electron chi connectivity index (χ3n) is 4.53. The highest BCUT2D eigenvalue weighted by molar-refractivity contribution is 5.95. The number of unbranched alkanes of at least 4 members (excludes halogenated alkanes) is 3. The number of aliphatic hydroxyl groups is 1. The number of carbonyl (C=O) groups is 4. The second-order valence-electron chi connectivity index (χ2n) is 7.20. The molecule has 0 radical (unpaired) electrons. The zero-order valence-electron chi connectivity index (χ0n) is 18.3. The maximum Gasteiger partial charge on any atom is 0.314 e. The van der Waals surface area contributed by atoms with Gasteiger partial charge in [-0.3, -0.25) is 19.2 Å². The largest absolute Gasteiger partial charge is 0.512 e. The third-order valence-corrected chi connectivity index (χ3v) is 4.53. The Morgan fingerprint density at radius 1 is 1.07 bits per heavy atom. The first-order valence-corrected chi connectivity index (χ1v) is 10.5. The van der Waals surface area contributed by atoms with Crippen molar-refractivity contribution in [3.8, 4) is 0 Å². The number of esters is 2. The normalized spacial score (nSPS) is 18.1. The van der Waals surface area contributed by atoms with Gasteiger partial charge in [-0.1, -0.05) is 40.0 Å². The summed E-state index contributed by atoms with van der Waals surface area (Å²) >= 11 is 0. The molecule has 1 rings (SSSR count). The number of methoxy groups -OCH3 is 1. The minimum atomic E-state index is -1.22. The Morgan fingerprint density at radius 3 is 2.17 bits per heavy atom. The minimum Gasteiger partial charge on any atom is -0.512 e. The van der Waals surface area contributed by atoms with Crippen LogP contribution in [0.3, 0.4) is 0 Å². The van der Waals surface area contributed by atoms with Crippen molar-refractivity contribution in [3.63, 3.8) is 0 Å². The van der Waals surface area contributed by atoms with Crippen molar-refractivity contribution in [1.82, 2.24) is 0 Å². The molecule has 0 aliphatic carbocycles. The summed E-state index contributed by atoms with van der Waals surface area (Å²) < 4.78 is 9.62. The van der Waals surface area contributed by atoms with Gasteiger partial charge in [0.05, 0.1) is 7.11 Å². The Kier molecular flexibility index (Phi) is 13.7. The van der Waals surface area contributed by atoms with Gasteiger partial charge in [-0.2, -0.15) is 0 Å². The molecule has 1 aliphatic rings. The number of Topliss-reactive ketones (excluding diaryl/α,β-unsaturated/α-hetero) is 2. The number of hydrogen-bond donors (Lipinski definition) is 1. The summed E-state index contributed by atoms with van der Waals surface area (Å²) in [7, 11) is 1.29. The van der Waals surface area contributed by atoms with Crippen molar-refractivity contribution in [3.05, 3.63) is 11.8 Å². The molecule has 0 saturated heterocycles. The SMILES string of the molecule is CCCCC(=O)C1(CCCC)C=C(O)CC(=O)O1.CCCCC(=O)CC(=O)OC. The van der Waals surface area contributed by atoms with E-state index in [1.165, 1.54) is 13.2 Å². The molecular formula is C22H36O7. The molecule has 7 heteroatoms. The van der Waals surface area contributed by atoms with Gasteiger partial charge in [0.15, 0.2) is 11.4 Å². The Balaban J connectivity index is 0.000000614. The first-order chi connectivity index (χ1) is 13.7. The molecule has 1 N–H and O–H groups in total. The number of cyclic esters (lactones) is 1. The lowest BCUT2D eigenvalue weighted by atomic mass is 9.86. The molecule has 0 aromatic carbocycles.